The number of nitrogens with zero attached hydrogens (tertiary/aromatic N) is 1. The van der Waals surface area contributed by atoms with E-state index >= 15 is 0 Å². The number of nitrogens with one attached hydrogen (secondary N) is 1. The summed E-state index contributed by atoms with van der Waals surface area (Å²) in [6, 6.07) is 14.5. The lowest BCUT2D eigenvalue weighted by atomic mass is 10.1. The predicted octanol–water partition coefficient (Wildman–Crippen LogP) is 3.62. The summed E-state index contributed by atoms with van der Waals surface area (Å²) in [7, 11) is 4.16. The van der Waals surface area contributed by atoms with Gasteiger partial charge in [-0.15, -0.1) is 0 Å². The molecular formula is C21H30N2O2. The molecule has 0 aromatic heterocycles. The van der Waals surface area contributed by atoms with Gasteiger partial charge >= 0.3 is 0 Å². The molecule has 0 heterocycles. The molecular weight excluding hydrogens is 312 g/mol. The van der Waals surface area contributed by atoms with Gasteiger partial charge in [-0.05, 0) is 56.8 Å². The van der Waals surface area contributed by atoms with Crippen molar-refractivity contribution in [3.8, 4) is 11.5 Å². The quantitative estimate of drug-likeness (QED) is 0.669. The van der Waals surface area contributed by atoms with Crippen LogP contribution in [0.15, 0.2) is 42.5 Å². The molecule has 2 aromatic rings. The van der Waals surface area contributed by atoms with E-state index in [-0.39, 0.29) is 0 Å². The zero-order valence-electron chi connectivity index (χ0n) is 15.8. The summed E-state index contributed by atoms with van der Waals surface area (Å²) in [5.41, 5.74) is 3.63. The SMILES string of the molecule is CCOc1cc(CNCCN(C)C)ccc1OCc1ccccc1C. The zero-order chi connectivity index (χ0) is 18.1. The van der Waals surface area contributed by atoms with Gasteiger partial charge in [0.05, 0.1) is 6.61 Å². The fraction of sp³-hybridized carbons (Fsp3) is 0.429. The monoisotopic (exact) mass is 342 g/mol. The molecule has 0 saturated carbocycles. The first-order valence-corrected chi connectivity index (χ1v) is 8.88. The largest absolute Gasteiger partial charge is 0.490 e. The van der Waals surface area contributed by atoms with Gasteiger partial charge in [-0.3, -0.25) is 0 Å². The lowest BCUT2D eigenvalue weighted by Crippen LogP contribution is -2.26. The molecule has 4 heteroatoms. The summed E-state index contributed by atoms with van der Waals surface area (Å²) in [4.78, 5) is 2.17. The minimum absolute atomic E-state index is 0.549. The summed E-state index contributed by atoms with van der Waals surface area (Å²) in [6.07, 6.45) is 0. The van der Waals surface area contributed by atoms with E-state index in [0.29, 0.717) is 13.2 Å². The maximum absolute atomic E-state index is 6.02. The standard InChI is InChI=1S/C21H30N2O2/c1-5-24-21-14-18(15-22-12-13-23(3)4)10-11-20(21)25-16-19-9-7-6-8-17(19)2/h6-11,14,22H,5,12-13,15-16H2,1-4H3. The van der Waals surface area contributed by atoms with Gasteiger partial charge in [-0.25, -0.2) is 0 Å². The highest BCUT2D eigenvalue weighted by Crippen LogP contribution is 2.29. The third-order valence-corrected chi connectivity index (χ3v) is 4.02. The number of hydrogen-bond donors (Lipinski definition) is 1. The molecule has 0 aliphatic carbocycles. The highest BCUT2D eigenvalue weighted by molar-refractivity contribution is 5.43. The first kappa shape index (κ1) is 19.3. The van der Waals surface area contributed by atoms with Gasteiger partial charge in [0, 0.05) is 19.6 Å². The van der Waals surface area contributed by atoms with Gasteiger partial charge in [0.25, 0.3) is 0 Å². The summed E-state index contributed by atoms with van der Waals surface area (Å²) in [5.74, 6) is 1.60. The average molecular weight is 342 g/mol. The van der Waals surface area contributed by atoms with Crippen molar-refractivity contribution in [1.82, 2.24) is 10.2 Å². The number of benzene rings is 2. The topological polar surface area (TPSA) is 33.7 Å². The van der Waals surface area contributed by atoms with E-state index in [1.165, 1.54) is 16.7 Å². The van der Waals surface area contributed by atoms with E-state index in [9.17, 15) is 0 Å². The van der Waals surface area contributed by atoms with Gasteiger partial charge in [-0.2, -0.15) is 0 Å². The molecule has 25 heavy (non-hydrogen) atoms. The normalized spacial score (nSPS) is 10.9. The van der Waals surface area contributed by atoms with Crippen LogP contribution in [0.1, 0.15) is 23.6 Å². The third-order valence-electron chi connectivity index (χ3n) is 4.02. The molecule has 0 aliphatic heterocycles. The molecule has 136 valence electrons. The second-order valence-electron chi connectivity index (χ2n) is 6.41. The van der Waals surface area contributed by atoms with Gasteiger partial charge in [0.2, 0.25) is 0 Å². The van der Waals surface area contributed by atoms with Crippen molar-refractivity contribution < 1.29 is 9.47 Å². The van der Waals surface area contributed by atoms with Crippen molar-refractivity contribution in [3.05, 3.63) is 59.2 Å². The first-order chi connectivity index (χ1) is 12.1. The van der Waals surface area contributed by atoms with Crippen molar-refractivity contribution in [3.63, 3.8) is 0 Å². The Morgan fingerprint density at radius 2 is 1.80 bits per heavy atom. The zero-order valence-corrected chi connectivity index (χ0v) is 15.8. The molecule has 0 spiro atoms. The van der Waals surface area contributed by atoms with Gasteiger partial charge in [-0.1, -0.05) is 30.3 Å². The van der Waals surface area contributed by atoms with Crippen LogP contribution < -0.4 is 14.8 Å². The predicted molar refractivity (Wildman–Crippen MR) is 103 cm³/mol. The molecule has 1 N–H and O–H groups in total. The van der Waals surface area contributed by atoms with E-state index in [4.69, 9.17) is 9.47 Å². The Labute approximate surface area is 151 Å². The van der Waals surface area contributed by atoms with Crippen LogP contribution in [0.5, 0.6) is 11.5 Å². The van der Waals surface area contributed by atoms with Crippen LogP contribution in [0.2, 0.25) is 0 Å². The summed E-state index contributed by atoms with van der Waals surface area (Å²) < 4.78 is 11.8. The first-order valence-electron chi connectivity index (χ1n) is 8.88. The second kappa shape index (κ2) is 10.1. The summed E-state index contributed by atoms with van der Waals surface area (Å²) >= 11 is 0. The van der Waals surface area contributed by atoms with Crippen LogP contribution in [0.25, 0.3) is 0 Å². The number of likely N-dealkylation sites (N-methyl/N-ethyl adjacent to an activating group) is 1. The van der Waals surface area contributed by atoms with Crippen LogP contribution in [0.3, 0.4) is 0 Å². The Bertz CT molecular complexity index is 656. The highest BCUT2D eigenvalue weighted by atomic mass is 16.5. The van der Waals surface area contributed by atoms with Crippen LogP contribution in [-0.4, -0.2) is 38.7 Å². The minimum Gasteiger partial charge on any atom is -0.490 e. The fourth-order valence-electron chi connectivity index (χ4n) is 2.51. The number of ether oxygens (including phenoxy) is 2. The van der Waals surface area contributed by atoms with Crippen LogP contribution in [0.4, 0.5) is 0 Å². The van der Waals surface area contributed by atoms with Gasteiger partial charge in [0.15, 0.2) is 11.5 Å². The number of rotatable bonds is 10. The molecule has 0 radical (unpaired) electrons. The van der Waals surface area contributed by atoms with E-state index in [0.717, 1.165) is 31.1 Å². The van der Waals surface area contributed by atoms with Crippen molar-refractivity contribution in [2.24, 2.45) is 0 Å². The van der Waals surface area contributed by atoms with E-state index in [1.54, 1.807) is 0 Å². The summed E-state index contributed by atoms with van der Waals surface area (Å²) in [6.45, 7) is 8.08. The highest BCUT2D eigenvalue weighted by Gasteiger charge is 2.08. The Balaban J connectivity index is 1.99. The molecule has 4 nitrogen and oxygen atoms in total. The smallest absolute Gasteiger partial charge is 0.161 e. The lowest BCUT2D eigenvalue weighted by molar-refractivity contribution is 0.268. The van der Waals surface area contributed by atoms with Crippen molar-refractivity contribution in [1.29, 1.82) is 0 Å². The molecule has 0 amide bonds. The second-order valence-corrected chi connectivity index (χ2v) is 6.41. The van der Waals surface area contributed by atoms with E-state index in [1.807, 2.05) is 25.1 Å². The fourth-order valence-corrected chi connectivity index (χ4v) is 2.51. The molecule has 0 unspecified atom stereocenters. The molecule has 0 saturated heterocycles. The van der Waals surface area contributed by atoms with Crippen molar-refractivity contribution in [2.45, 2.75) is 27.0 Å². The molecule has 0 fully saturated rings. The van der Waals surface area contributed by atoms with Crippen LogP contribution >= 0.6 is 0 Å². The minimum atomic E-state index is 0.549. The molecule has 0 atom stereocenters. The van der Waals surface area contributed by atoms with Crippen molar-refractivity contribution >= 4 is 0 Å². The van der Waals surface area contributed by atoms with E-state index in [2.05, 4.69) is 55.5 Å². The van der Waals surface area contributed by atoms with Gasteiger partial charge in [0.1, 0.15) is 6.61 Å². The molecule has 0 aliphatic rings. The maximum Gasteiger partial charge on any atom is 0.161 e. The average Bonchev–Trinajstić information content (AvgIpc) is 2.59. The number of aryl methyl sites for hydroxylation is 1. The Morgan fingerprint density at radius 3 is 2.52 bits per heavy atom. The number of hydrogen-bond acceptors (Lipinski definition) is 4. The van der Waals surface area contributed by atoms with Gasteiger partial charge < -0.3 is 19.7 Å². The maximum atomic E-state index is 6.02. The van der Waals surface area contributed by atoms with Crippen molar-refractivity contribution in [2.75, 3.05) is 33.8 Å². The molecule has 0 bridgehead atoms. The Kier molecular flexibility index (Phi) is 7.76. The molecule has 2 aromatic carbocycles. The Morgan fingerprint density at radius 1 is 1.00 bits per heavy atom. The van der Waals surface area contributed by atoms with Crippen LogP contribution in [0, 0.1) is 6.92 Å². The van der Waals surface area contributed by atoms with E-state index < -0.39 is 0 Å². The lowest BCUT2D eigenvalue weighted by Gasteiger charge is -2.15. The Hall–Kier alpha value is -2.04. The molecule has 2 rings (SSSR count). The summed E-state index contributed by atoms with van der Waals surface area (Å²) in [5, 5.41) is 3.45. The van der Waals surface area contributed by atoms with Crippen LogP contribution in [-0.2, 0) is 13.2 Å². The third kappa shape index (κ3) is 6.40.